The Labute approximate surface area is 115 Å². The summed E-state index contributed by atoms with van der Waals surface area (Å²) in [6.45, 7) is 4.06. The molecule has 0 saturated carbocycles. The molecule has 2 unspecified atom stereocenters. The van der Waals surface area contributed by atoms with Crippen molar-refractivity contribution in [1.29, 1.82) is 0 Å². The van der Waals surface area contributed by atoms with Gasteiger partial charge in [-0.05, 0) is 50.3 Å². The van der Waals surface area contributed by atoms with E-state index in [9.17, 15) is 0 Å². The Hall–Kier alpha value is -0.570. The molecule has 100 valence electrons. The lowest BCUT2D eigenvalue weighted by Crippen LogP contribution is -2.37. The lowest BCUT2D eigenvalue weighted by atomic mass is 10.0. The van der Waals surface area contributed by atoms with Gasteiger partial charge in [0.25, 0.3) is 0 Å². The largest absolute Gasteiger partial charge is 0.381 e. The molecule has 1 saturated heterocycles. The number of rotatable bonds is 4. The van der Waals surface area contributed by atoms with Crippen molar-refractivity contribution in [2.24, 2.45) is 0 Å². The quantitative estimate of drug-likeness (QED) is 0.903. The predicted octanol–water partition coefficient (Wildman–Crippen LogP) is 3.43. The monoisotopic (exact) mass is 267 g/mol. The maximum atomic E-state index is 5.89. The van der Waals surface area contributed by atoms with Crippen LogP contribution < -0.4 is 5.32 Å². The fraction of sp³-hybridized carbons (Fsp3) is 0.600. The topological polar surface area (TPSA) is 21.3 Å². The van der Waals surface area contributed by atoms with Crippen molar-refractivity contribution in [2.75, 3.05) is 13.2 Å². The summed E-state index contributed by atoms with van der Waals surface area (Å²) < 4.78 is 5.48. The Bertz CT molecular complexity index is 344. The average Bonchev–Trinajstić information content (AvgIpc) is 2.61. The molecule has 0 bridgehead atoms. The van der Waals surface area contributed by atoms with Crippen LogP contribution in [0.3, 0.4) is 0 Å². The molecular formula is C15H22ClNO. The first-order valence-electron chi connectivity index (χ1n) is 6.82. The standard InChI is InChI=1S/C15H22ClNO/c1-12(11-13-4-6-14(16)7-5-13)17-15-3-2-9-18-10-8-15/h4-7,12,15,17H,2-3,8-11H2,1H3. The van der Waals surface area contributed by atoms with Crippen LogP contribution in [0.15, 0.2) is 24.3 Å². The molecule has 1 N–H and O–H groups in total. The summed E-state index contributed by atoms with van der Waals surface area (Å²) in [5.74, 6) is 0. The van der Waals surface area contributed by atoms with Gasteiger partial charge in [0.05, 0.1) is 0 Å². The maximum Gasteiger partial charge on any atom is 0.0480 e. The highest BCUT2D eigenvalue weighted by molar-refractivity contribution is 6.30. The Kier molecular flexibility index (Phi) is 5.48. The van der Waals surface area contributed by atoms with Gasteiger partial charge in [0, 0.05) is 30.3 Å². The van der Waals surface area contributed by atoms with Gasteiger partial charge in [-0.3, -0.25) is 0 Å². The average molecular weight is 268 g/mol. The van der Waals surface area contributed by atoms with Gasteiger partial charge in [-0.25, -0.2) is 0 Å². The smallest absolute Gasteiger partial charge is 0.0480 e. The molecule has 3 heteroatoms. The van der Waals surface area contributed by atoms with E-state index in [1.165, 1.54) is 18.4 Å². The third-order valence-corrected chi connectivity index (χ3v) is 3.68. The van der Waals surface area contributed by atoms with Gasteiger partial charge < -0.3 is 10.1 Å². The second kappa shape index (κ2) is 7.13. The fourth-order valence-corrected chi connectivity index (χ4v) is 2.63. The number of halogens is 1. The molecule has 1 aliphatic rings. The van der Waals surface area contributed by atoms with Crippen molar-refractivity contribution in [2.45, 2.75) is 44.7 Å². The second-order valence-corrected chi connectivity index (χ2v) is 5.57. The van der Waals surface area contributed by atoms with Crippen LogP contribution >= 0.6 is 11.6 Å². The first-order chi connectivity index (χ1) is 8.74. The van der Waals surface area contributed by atoms with E-state index in [2.05, 4.69) is 24.4 Å². The number of ether oxygens (including phenoxy) is 1. The van der Waals surface area contributed by atoms with Gasteiger partial charge in [0.1, 0.15) is 0 Å². The zero-order valence-electron chi connectivity index (χ0n) is 11.0. The molecule has 0 aromatic heterocycles. The highest BCUT2D eigenvalue weighted by Crippen LogP contribution is 2.13. The Balaban J connectivity index is 1.80. The SMILES string of the molecule is CC(Cc1ccc(Cl)cc1)NC1CCCOCC1. The second-order valence-electron chi connectivity index (χ2n) is 5.14. The molecule has 0 radical (unpaired) electrons. The maximum absolute atomic E-state index is 5.89. The zero-order valence-corrected chi connectivity index (χ0v) is 11.7. The molecule has 18 heavy (non-hydrogen) atoms. The number of hydrogen-bond donors (Lipinski definition) is 1. The Morgan fingerprint density at radius 2 is 2.06 bits per heavy atom. The normalized spacial score (nSPS) is 22.4. The van der Waals surface area contributed by atoms with E-state index in [0.717, 1.165) is 31.1 Å². The number of hydrogen-bond acceptors (Lipinski definition) is 2. The molecule has 1 aromatic rings. The minimum atomic E-state index is 0.495. The Morgan fingerprint density at radius 1 is 1.28 bits per heavy atom. The lowest BCUT2D eigenvalue weighted by molar-refractivity contribution is 0.142. The summed E-state index contributed by atoms with van der Waals surface area (Å²) in [4.78, 5) is 0. The van der Waals surface area contributed by atoms with Gasteiger partial charge in [0.15, 0.2) is 0 Å². The highest BCUT2D eigenvalue weighted by atomic mass is 35.5. The van der Waals surface area contributed by atoms with Crippen LogP contribution in [0.4, 0.5) is 0 Å². The van der Waals surface area contributed by atoms with Crippen LogP contribution in [0.2, 0.25) is 5.02 Å². The molecule has 0 spiro atoms. The predicted molar refractivity (Wildman–Crippen MR) is 76.2 cm³/mol. The van der Waals surface area contributed by atoms with Crippen LogP contribution in [0.5, 0.6) is 0 Å². The highest BCUT2D eigenvalue weighted by Gasteiger charge is 2.14. The van der Waals surface area contributed by atoms with E-state index in [1.54, 1.807) is 0 Å². The number of benzene rings is 1. The van der Waals surface area contributed by atoms with Crippen LogP contribution in [-0.4, -0.2) is 25.3 Å². The molecule has 2 rings (SSSR count). The van der Waals surface area contributed by atoms with Crippen LogP contribution in [-0.2, 0) is 11.2 Å². The molecule has 0 aliphatic carbocycles. The summed E-state index contributed by atoms with van der Waals surface area (Å²) in [6.07, 6.45) is 4.58. The van der Waals surface area contributed by atoms with Gasteiger partial charge in [-0.15, -0.1) is 0 Å². The van der Waals surface area contributed by atoms with E-state index >= 15 is 0 Å². The minimum absolute atomic E-state index is 0.495. The van der Waals surface area contributed by atoms with Gasteiger partial charge >= 0.3 is 0 Å². The van der Waals surface area contributed by atoms with E-state index in [1.807, 2.05) is 12.1 Å². The molecule has 1 aromatic carbocycles. The first kappa shape index (κ1) is 13.9. The van der Waals surface area contributed by atoms with Crippen LogP contribution in [0.1, 0.15) is 31.7 Å². The molecule has 1 heterocycles. The van der Waals surface area contributed by atoms with Gasteiger partial charge in [0.2, 0.25) is 0 Å². The molecule has 1 aliphatic heterocycles. The van der Waals surface area contributed by atoms with E-state index in [-0.39, 0.29) is 0 Å². The molecule has 2 atom stereocenters. The van der Waals surface area contributed by atoms with Gasteiger partial charge in [-0.2, -0.15) is 0 Å². The lowest BCUT2D eigenvalue weighted by Gasteiger charge is -2.21. The zero-order chi connectivity index (χ0) is 12.8. The van der Waals surface area contributed by atoms with Crippen molar-refractivity contribution in [3.8, 4) is 0 Å². The van der Waals surface area contributed by atoms with Crippen molar-refractivity contribution in [1.82, 2.24) is 5.32 Å². The molecule has 0 amide bonds. The van der Waals surface area contributed by atoms with E-state index < -0.39 is 0 Å². The van der Waals surface area contributed by atoms with Crippen molar-refractivity contribution in [3.63, 3.8) is 0 Å². The van der Waals surface area contributed by atoms with Gasteiger partial charge in [-0.1, -0.05) is 23.7 Å². The summed E-state index contributed by atoms with van der Waals surface area (Å²) in [5, 5.41) is 4.51. The molecule has 1 fully saturated rings. The number of nitrogens with one attached hydrogen (secondary N) is 1. The van der Waals surface area contributed by atoms with Crippen LogP contribution in [0.25, 0.3) is 0 Å². The molecular weight excluding hydrogens is 246 g/mol. The third-order valence-electron chi connectivity index (χ3n) is 3.43. The third kappa shape index (κ3) is 4.60. The van der Waals surface area contributed by atoms with Crippen LogP contribution in [0, 0.1) is 0 Å². The van der Waals surface area contributed by atoms with Crippen molar-refractivity contribution >= 4 is 11.6 Å². The van der Waals surface area contributed by atoms with E-state index in [0.29, 0.717) is 12.1 Å². The Morgan fingerprint density at radius 3 is 2.83 bits per heavy atom. The minimum Gasteiger partial charge on any atom is -0.381 e. The summed E-state index contributed by atoms with van der Waals surface area (Å²) >= 11 is 5.89. The van der Waals surface area contributed by atoms with Crippen molar-refractivity contribution in [3.05, 3.63) is 34.9 Å². The fourth-order valence-electron chi connectivity index (χ4n) is 2.51. The summed E-state index contributed by atoms with van der Waals surface area (Å²) in [5.41, 5.74) is 1.34. The molecule has 2 nitrogen and oxygen atoms in total. The first-order valence-corrected chi connectivity index (χ1v) is 7.20. The van der Waals surface area contributed by atoms with Crippen molar-refractivity contribution < 1.29 is 4.74 Å². The van der Waals surface area contributed by atoms with E-state index in [4.69, 9.17) is 16.3 Å². The summed E-state index contributed by atoms with van der Waals surface area (Å²) in [7, 11) is 0. The summed E-state index contributed by atoms with van der Waals surface area (Å²) in [6, 6.07) is 9.24.